The molecule has 2 fully saturated rings. The molecule has 0 aliphatic carbocycles. The highest BCUT2D eigenvalue weighted by Gasteiger charge is 2.50. The van der Waals surface area contributed by atoms with E-state index >= 15 is 0 Å². The average Bonchev–Trinajstić information content (AvgIpc) is 3.44. The van der Waals surface area contributed by atoms with Gasteiger partial charge in [0.1, 0.15) is 0 Å². The van der Waals surface area contributed by atoms with Gasteiger partial charge in [0.05, 0.1) is 23.8 Å². The summed E-state index contributed by atoms with van der Waals surface area (Å²) in [4.78, 5) is 16.3. The zero-order valence-corrected chi connectivity index (χ0v) is 17.4. The molecule has 4 rings (SSSR count). The van der Waals surface area contributed by atoms with E-state index in [0.717, 1.165) is 6.07 Å². The second kappa shape index (κ2) is 8.47. The minimum absolute atomic E-state index is 0.00298. The van der Waals surface area contributed by atoms with Crippen LogP contribution in [0.5, 0.6) is 0 Å². The molecule has 1 aromatic carbocycles. The van der Waals surface area contributed by atoms with Crippen LogP contribution in [0.25, 0.3) is 0 Å². The van der Waals surface area contributed by atoms with Gasteiger partial charge in [-0.05, 0) is 30.7 Å². The first-order chi connectivity index (χ1) is 15.3. The molecule has 7 nitrogen and oxygen atoms in total. The van der Waals surface area contributed by atoms with Gasteiger partial charge in [-0.15, -0.1) is 0 Å². The van der Waals surface area contributed by atoms with Gasteiger partial charge in [-0.25, -0.2) is 0 Å². The van der Waals surface area contributed by atoms with Crippen molar-refractivity contribution in [3.8, 4) is 6.07 Å². The lowest BCUT2D eigenvalue weighted by Crippen LogP contribution is -2.50. The fourth-order valence-corrected chi connectivity index (χ4v) is 4.83. The third-order valence-electron chi connectivity index (χ3n) is 6.71. The molecular formula is C22H24F3N5O2. The van der Waals surface area contributed by atoms with Crippen molar-refractivity contribution in [3.05, 3.63) is 47.8 Å². The summed E-state index contributed by atoms with van der Waals surface area (Å²) in [5.41, 5.74) is -1.47. The molecule has 3 heterocycles. The fourth-order valence-electron chi connectivity index (χ4n) is 4.83. The monoisotopic (exact) mass is 447 g/mol. The summed E-state index contributed by atoms with van der Waals surface area (Å²) in [5, 5.41) is 23.3. The standard InChI is InChI=1S/C22H24F3N5O2/c23-22(24,25)19-10-18(3-2-16(19)11-26)29-13-17-12-28(9-5-21(17,14-29)15-31)20(32)4-8-30-7-1-6-27-30/h1-3,6-7,10,17,31H,4-5,8-9,12-15H2/t17-,21+/m1/s1. The number of aliphatic hydroxyl groups excluding tert-OH is 1. The number of benzene rings is 1. The van der Waals surface area contributed by atoms with Crippen molar-refractivity contribution in [2.24, 2.45) is 11.3 Å². The Balaban J connectivity index is 1.48. The number of rotatable bonds is 5. The Hall–Kier alpha value is -3.06. The maximum Gasteiger partial charge on any atom is 0.417 e. The van der Waals surface area contributed by atoms with E-state index in [1.807, 2.05) is 4.90 Å². The summed E-state index contributed by atoms with van der Waals surface area (Å²) in [7, 11) is 0. The first-order valence-corrected chi connectivity index (χ1v) is 10.5. The third-order valence-corrected chi connectivity index (χ3v) is 6.71. The lowest BCUT2D eigenvalue weighted by atomic mass is 9.73. The molecule has 2 aliphatic rings. The van der Waals surface area contributed by atoms with Gasteiger partial charge in [-0.2, -0.15) is 23.5 Å². The molecule has 10 heteroatoms. The van der Waals surface area contributed by atoms with E-state index in [4.69, 9.17) is 5.26 Å². The largest absolute Gasteiger partial charge is 0.417 e. The predicted octanol–water partition coefficient (Wildman–Crippen LogP) is 2.51. The molecule has 170 valence electrons. The van der Waals surface area contributed by atoms with Crippen LogP contribution < -0.4 is 4.90 Å². The van der Waals surface area contributed by atoms with Crippen LogP contribution >= 0.6 is 0 Å². The number of piperidine rings is 1. The van der Waals surface area contributed by atoms with E-state index in [0.29, 0.717) is 51.3 Å². The highest BCUT2D eigenvalue weighted by molar-refractivity contribution is 5.76. The Morgan fingerprint density at radius 1 is 1.34 bits per heavy atom. The number of nitriles is 1. The van der Waals surface area contributed by atoms with Crippen molar-refractivity contribution in [3.63, 3.8) is 0 Å². The van der Waals surface area contributed by atoms with E-state index < -0.39 is 22.7 Å². The van der Waals surface area contributed by atoms with Crippen LogP contribution in [0.3, 0.4) is 0 Å². The molecule has 2 saturated heterocycles. The zero-order valence-electron chi connectivity index (χ0n) is 17.4. The summed E-state index contributed by atoms with van der Waals surface area (Å²) in [6, 6.07) is 7.11. The highest BCUT2D eigenvalue weighted by Crippen LogP contribution is 2.45. The van der Waals surface area contributed by atoms with Gasteiger partial charge in [0.25, 0.3) is 0 Å². The number of carbonyl (C=O) groups is 1. The van der Waals surface area contributed by atoms with Gasteiger partial charge >= 0.3 is 6.18 Å². The number of likely N-dealkylation sites (tertiary alicyclic amines) is 1. The van der Waals surface area contributed by atoms with Crippen molar-refractivity contribution >= 4 is 11.6 Å². The Morgan fingerprint density at radius 2 is 2.16 bits per heavy atom. The molecule has 1 amide bonds. The Morgan fingerprint density at radius 3 is 2.81 bits per heavy atom. The number of hydrogen-bond acceptors (Lipinski definition) is 5. The van der Waals surface area contributed by atoms with Crippen molar-refractivity contribution in [2.45, 2.75) is 25.6 Å². The number of nitrogens with zero attached hydrogens (tertiary/aromatic N) is 5. The van der Waals surface area contributed by atoms with E-state index in [1.165, 1.54) is 12.1 Å². The van der Waals surface area contributed by atoms with Crippen LogP contribution in [0.1, 0.15) is 24.0 Å². The number of anilines is 1. The summed E-state index contributed by atoms with van der Waals surface area (Å²) in [5.74, 6) is -0.0527. The quantitative estimate of drug-likeness (QED) is 0.762. The number of hydrogen-bond donors (Lipinski definition) is 1. The van der Waals surface area contributed by atoms with Gasteiger partial charge in [-0.1, -0.05) is 0 Å². The Bertz CT molecular complexity index is 1020. The predicted molar refractivity (Wildman–Crippen MR) is 109 cm³/mol. The summed E-state index contributed by atoms with van der Waals surface area (Å²) in [6.07, 6.45) is -0.279. The van der Waals surface area contributed by atoms with Gasteiger partial charge < -0.3 is 14.9 Å². The number of carbonyl (C=O) groups excluding carboxylic acids is 1. The van der Waals surface area contributed by atoms with Crippen LogP contribution in [-0.2, 0) is 17.5 Å². The van der Waals surface area contributed by atoms with Gasteiger partial charge in [-0.3, -0.25) is 9.48 Å². The molecular weight excluding hydrogens is 423 g/mol. The number of amides is 1. The van der Waals surface area contributed by atoms with E-state index in [-0.39, 0.29) is 18.4 Å². The van der Waals surface area contributed by atoms with Crippen molar-refractivity contribution in [2.75, 3.05) is 37.7 Å². The van der Waals surface area contributed by atoms with E-state index in [1.54, 1.807) is 34.1 Å². The third kappa shape index (κ3) is 4.17. The van der Waals surface area contributed by atoms with Crippen LogP contribution in [0.15, 0.2) is 36.7 Å². The number of aryl methyl sites for hydroxylation is 1. The molecule has 0 unspecified atom stereocenters. The molecule has 0 saturated carbocycles. The maximum atomic E-state index is 13.4. The smallest absolute Gasteiger partial charge is 0.396 e. The summed E-state index contributed by atoms with van der Waals surface area (Å²) in [6.45, 7) is 2.20. The molecule has 1 aromatic heterocycles. The van der Waals surface area contributed by atoms with Gasteiger partial charge in [0, 0.05) is 68.6 Å². The maximum absolute atomic E-state index is 13.4. The number of alkyl halides is 3. The minimum atomic E-state index is -4.62. The molecule has 1 N–H and O–H groups in total. The normalized spacial score (nSPS) is 23.2. The van der Waals surface area contributed by atoms with Crippen molar-refractivity contribution in [1.29, 1.82) is 5.26 Å². The molecule has 2 aliphatic heterocycles. The Labute approximate surface area is 183 Å². The fraction of sp³-hybridized carbons (Fsp3) is 0.500. The first kappa shape index (κ1) is 22.1. The van der Waals surface area contributed by atoms with Crippen LogP contribution in [0.4, 0.5) is 18.9 Å². The van der Waals surface area contributed by atoms with Crippen LogP contribution in [0, 0.1) is 22.7 Å². The van der Waals surface area contributed by atoms with Crippen molar-refractivity contribution < 1.29 is 23.1 Å². The second-order valence-corrected chi connectivity index (χ2v) is 8.55. The van der Waals surface area contributed by atoms with Gasteiger partial charge in [0.15, 0.2) is 0 Å². The molecule has 2 aromatic rings. The average molecular weight is 447 g/mol. The summed E-state index contributed by atoms with van der Waals surface area (Å²) >= 11 is 0. The van der Waals surface area contributed by atoms with Crippen LogP contribution in [0.2, 0.25) is 0 Å². The second-order valence-electron chi connectivity index (χ2n) is 8.55. The number of fused-ring (bicyclic) bond motifs is 1. The molecule has 0 spiro atoms. The molecule has 0 bridgehead atoms. The van der Waals surface area contributed by atoms with E-state index in [2.05, 4.69) is 5.10 Å². The molecule has 32 heavy (non-hydrogen) atoms. The number of aromatic nitrogens is 2. The SMILES string of the molecule is N#Cc1ccc(N2C[C@H]3CN(C(=O)CCn4cccn4)CC[C@@]3(CO)C2)cc1C(F)(F)F. The van der Waals surface area contributed by atoms with E-state index in [9.17, 15) is 23.1 Å². The van der Waals surface area contributed by atoms with Crippen molar-refractivity contribution in [1.82, 2.24) is 14.7 Å². The zero-order chi connectivity index (χ0) is 22.9. The number of aliphatic hydroxyl groups is 1. The first-order valence-electron chi connectivity index (χ1n) is 10.5. The van der Waals surface area contributed by atoms with Gasteiger partial charge in [0.2, 0.25) is 5.91 Å². The van der Waals surface area contributed by atoms with Crippen LogP contribution in [-0.4, -0.2) is 58.5 Å². The lowest BCUT2D eigenvalue weighted by Gasteiger charge is -2.42. The topological polar surface area (TPSA) is 85.4 Å². The summed E-state index contributed by atoms with van der Waals surface area (Å²) < 4.78 is 41.9. The molecule has 2 atom stereocenters. The highest BCUT2D eigenvalue weighted by atomic mass is 19.4. The number of halogens is 3. The Kier molecular flexibility index (Phi) is 5.86. The molecule has 0 radical (unpaired) electrons. The minimum Gasteiger partial charge on any atom is -0.396 e. The lowest BCUT2D eigenvalue weighted by molar-refractivity contribution is -0.138.